The summed E-state index contributed by atoms with van der Waals surface area (Å²) in [4.78, 5) is 16.1. The minimum absolute atomic E-state index is 0.138. The molecule has 0 spiro atoms. The van der Waals surface area contributed by atoms with Gasteiger partial charge in [-0.15, -0.1) is 11.8 Å². The highest BCUT2D eigenvalue weighted by atomic mass is 32.2. The number of hydrogen-bond donors (Lipinski definition) is 1. The van der Waals surface area contributed by atoms with E-state index in [0.29, 0.717) is 5.75 Å². The maximum atomic E-state index is 11.1. The standard InChI is InChI=1S/C15H15NO2S/c1-10-5-6-13(8-11(10)2)19-9-12-4-3-7-16-14(12)15(17)18/h3-8H,9H2,1-2H3,(H,17,18). The van der Waals surface area contributed by atoms with Crippen LogP contribution in [0.3, 0.4) is 0 Å². The summed E-state index contributed by atoms with van der Waals surface area (Å²) >= 11 is 1.62. The molecule has 0 unspecified atom stereocenters. The number of aryl methyl sites for hydroxylation is 2. The summed E-state index contributed by atoms with van der Waals surface area (Å²) in [5.74, 6) is -0.367. The second-order valence-corrected chi connectivity index (χ2v) is 5.40. The molecule has 1 heterocycles. The number of hydrogen-bond acceptors (Lipinski definition) is 3. The number of benzene rings is 1. The summed E-state index contributed by atoms with van der Waals surface area (Å²) in [6.07, 6.45) is 1.51. The minimum Gasteiger partial charge on any atom is -0.477 e. The molecule has 0 saturated heterocycles. The van der Waals surface area contributed by atoms with E-state index in [0.717, 1.165) is 10.5 Å². The molecule has 1 aromatic heterocycles. The van der Waals surface area contributed by atoms with Crippen LogP contribution in [-0.2, 0) is 5.75 Å². The summed E-state index contributed by atoms with van der Waals surface area (Å²) in [5, 5.41) is 9.07. The number of carboxylic acid groups (broad SMARTS) is 1. The second kappa shape index (κ2) is 5.89. The van der Waals surface area contributed by atoms with Crippen molar-refractivity contribution < 1.29 is 9.90 Å². The van der Waals surface area contributed by atoms with Crippen LogP contribution < -0.4 is 0 Å². The SMILES string of the molecule is Cc1ccc(SCc2cccnc2C(=O)O)cc1C. The van der Waals surface area contributed by atoms with Crippen molar-refractivity contribution in [2.45, 2.75) is 24.5 Å². The molecule has 2 rings (SSSR count). The highest BCUT2D eigenvalue weighted by molar-refractivity contribution is 7.98. The molecule has 0 aliphatic carbocycles. The predicted molar refractivity (Wildman–Crippen MR) is 76.7 cm³/mol. The Morgan fingerprint density at radius 3 is 2.74 bits per heavy atom. The molecular weight excluding hydrogens is 258 g/mol. The number of aromatic carboxylic acids is 1. The van der Waals surface area contributed by atoms with Crippen molar-refractivity contribution in [1.82, 2.24) is 4.98 Å². The van der Waals surface area contributed by atoms with E-state index in [1.807, 2.05) is 6.07 Å². The lowest BCUT2D eigenvalue weighted by atomic mass is 10.1. The van der Waals surface area contributed by atoms with E-state index in [9.17, 15) is 4.79 Å². The van der Waals surface area contributed by atoms with Crippen molar-refractivity contribution in [2.24, 2.45) is 0 Å². The van der Waals surface area contributed by atoms with Gasteiger partial charge < -0.3 is 5.11 Å². The fourth-order valence-corrected chi connectivity index (χ4v) is 2.69. The normalized spacial score (nSPS) is 10.4. The number of rotatable bonds is 4. The Hall–Kier alpha value is -1.81. The van der Waals surface area contributed by atoms with Gasteiger partial charge >= 0.3 is 5.97 Å². The van der Waals surface area contributed by atoms with Crippen molar-refractivity contribution in [3.8, 4) is 0 Å². The van der Waals surface area contributed by atoms with Gasteiger partial charge in [-0.1, -0.05) is 12.1 Å². The summed E-state index contributed by atoms with van der Waals surface area (Å²) in [5.41, 5.74) is 3.39. The van der Waals surface area contributed by atoms with Gasteiger partial charge in [0.2, 0.25) is 0 Å². The molecule has 3 nitrogen and oxygen atoms in total. The highest BCUT2D eigenvalue weighted by Crippen LogP contribution is 2.25. The molecule has 0 radical (unpaired) electrons. The van der Waals surface area contributed by atoms with Crippen LogP contribution in [0, 0.1) is 13.8 Å². The first-order valence-corrected chi connectivity index (χ1v) is 6.93. The molecule has 1 aromatic carbocycles. The third kappa shape index (κ3) is 3.35. The third-order valence-electron chi connectivity index (χ3n) is 2.97. The van der Waals surface area contributed by atoms with E-state index in [1.54, 1.807) is 17.8 Å². The molecule has 19 heavy (non-hydrogen) atoms. The molecule has 0 aliphatic rings. The molecule has 2 aromatic rings. The zero-order valence-corrected chi connectivity index (χ0v) is 11.7. The predicted octanol–water partition coefficient (Wildman–Crippen LogP) is 3.69. The van der Waals surface area contributed by atoms with Gasteiger partial charge in [0.25, 0.3) is 0 Å². The Morgan fingerprint density at radius 2 is 2.05 bits per heavy atom. The van der Waals surface area contributed by atoms with E-state index in [2.05, 4.69) is 37.0 Å². The van der Waals surface area contributed by atoms with Crippen LogP contribution in [0.1, 0.15) is 27.2 Å². The zero-order valence-electron chi connectivity index (χ0n) is 10.9. The second-order valence-electron chi connectivity index (χ2n) is 4.35. The lowest BCUT2D eigenvalue weighted by Crippen LogP contribution is -2.04. The molecular formula is C15H15NO2S. The lowest BCUT2D eigenvalue weighted by molar-refractivity contribution is 0.0689. The van der Waals surface area contributed by atoms with Gasteiger partial charge in [0.1, 0.15) is 0 Å². The average molecular weight is 273 g/mol. The summed E-state index contributed by atoms with van der Waals surface area (Å²) in [7, 11) is 0. The van der Waals surface area contributed by atoms with Crippen LogP contribution >= 0.6 is 11.8 Å². The molecule has 0 atom stereocenters. The van der Waals surface area contributed by atoms with Crippen LogP contribution in [0.4, 0.5) is 0 Å². The largest absolute Gasteiger partial charge is 0.477 e. The smallest absolute Gasteiger partial charge is 0.354 e. The van der Waals surface area contributed by atoms with E-state index in [1.165, 1.54) is 17.3 Å². The minimum atomic E-state index is -0.976. The Balaban J connectivity index is 2.14. The highest BCUT2D eigenvalue weighted by Gasteiger charge is 2.11. The van der Waals surface area contributed by atoms with E-state index < -0.39 is 5.97 Å². The van der Waals surface area contributed by atoms with Crippen molar-refractivity contribution in [2.75, 3.05) is 0 Å². The number of aromatic nitrogens is 1. The molecule has 0 saturated carbocycles. The number of pyridine rings is 1. The van der Waals surface area contributed by atoms with Gasteiger partial charge in [0.05, 0.1) is 0 Å². The Bertz CT molecular complexity index is 611. The van der Waals surface area contributed by atoms with Crippen LogP contribution in [-0.4, -0.2) is 16.1 Å². The monoisotopic (exact) mass is 273 g/mol. The lowest BCUT2D eigenvalue weighted by Gasteiger charge is -2.07. The van der Waals surface area contributed by atoms with Gasteiger partial charge in [-0.05, 0) is 48.7 Å². The molecule has 98 valence electrons. The third-order valence-corrected chi connectivity index (χ3v) is 4.01. The van der Waals surface area contributed by atoms with Crippen LogP contribution in [0.2, 0.25) is 0 Å². The van der Waals surface area contributed by atoms with Crippen molar-refractivity contribution >= 4 is 17.7 Å². The number of carboxylic acids is 1. The number of carbonyl (C=O) groups is 1. The maximum Gasteiger partial charge on any atom is 0.354 e. The molecule has 4 heteroatoms. The average Bonchev–Trinajstić information content (AvgIpc) is 2.40. The first-order chi connectivity index (χ1) is 9.08. The maximum absolute atomic E-state index is 11.1. The Labute approximate surface area is 116 Å². The molecule has 0 fully saturated rings. The van der Waals surface area contributed by atoms with Gasteiger partial charge in [0.15, 0.2) is 5.69 Å². The fraction of sp³-hybridized carbons (Fsp3) is 0.200. The summed E-state index contributed by atoms with van der Waals surface area (Å²) in [6.45, 7) is 4.15. The first kappa shape index (κ1) is 13.6. The molecule has 0 bridgehead atoms. The van der Waals surface area contributed by atoms with Gasteiger partial charge in [-0.3, -0.25) is 0 Å². The fourth-order valence-electron chi connectivity index (χ4n) is 1.71. The summed E-state index contributed by atoms with van der Waals surface area (Å²) < 4.78 is 0. The van der Waals surface area contributed by atoms with Gasteiger partial charge in [-0.2, -0.15) is 0 Å². The Kier molecular flexibility index (Phi) is 4.22. The topological polar surface area (TPSA) is 50.2 Å². The zero-order chi connectivity index (χ0) is 13.8. The van der Waals surface area contributed by atoms with Crippen LogP contribution in [0.5, 0.6) is 0 Å². The first-order valence-electron chi connectivity index (χ1n) is 5.95. The van der Waals surface area contributed by atoms with Gasteiger partial charge in [0, 0.05) is 16.8 Å². The molecule has 0 aliphatic heterocycles. The van der Waals surface area contributed by atoms with Crippen LogP contribution in [0.25, 0.3) is 0 Å². The van der Waals surface area contributed by atoms with Crippen molar-refractivity contribution in [1.29, 1.82) is 0 Å². The molecule has 0 amide bonds. The molecule has 1 N–H and O–H groups in total. The van der Waals surface area contributed by atoms with Crippen LogP contribution in [0.15, 0.2) is 41.4 Å². The van der Waals surface area contributed by atoms with E-state index in [4.69, 9.17) is 5.11 Å². The van der Waals surface area contributed by atoms with Crippen molar-refractivity contribution in [3.05, 3.63) is 58.9 Å². The quantitative estimate of drug-likeness (QED) is 0.863. The summed E-state index contributed by atoms with van der Waals surface area (Å²) in [6, 6.07) is 9.84. The number of thioether (sulfide) groups is 1. The van der Waals surface area contributed by atoms with E-state index in [-0.39, 0.29) is 5.69 Å². The van der Waals surface area contributed by atoms with E-state index >= 15 is 0 Å². The Morgan fingerprint density at radius 1 is 1.26 bits per heavy atom. The number of nitrogens with zero attached hydrogens (tertiary/aromatic N) is 1. The van der Waals surface area contributed by atoms with Crippen molar-refractivity contribution in [3.63, 3.8) is 0 Å². The van der Waals surface area contributed by atoms with Gasteiger partial charge in [-0.25, -0.2) is 9.78 Å².